The summed E-state index contributed by atoms with van der Waals surface area (Å²) >= 11 is 9.42. The summed E-state index contributed by atoms with van der Waals surface area (Å²) in [5.41, 5.74) is 2.16. The zero-order chi connectivity index (χ0) is 13.7. The molecule has 0 aromatic heterocycles. The van der Waals surface area contributed by atoms with Crippen LogP contribution >= 0.6 is 27.5 Å². The minimum absolute atomic E-state index is 0.0638. The number of hydrogen-bond donors (Lipinski definition) is 2. The van der Waals surface area contributed by atoms with Gasteiger partial charge >= 0.3 is 0 Å². The van der Waals surface area contributed by atoms with E-state index in [4.69, 9.17) is 11.6 Å². The number of halogens is 2. The lowest BCUT2D eigenvalue weighted by Crippen LogP contribution is -2.23. The number of aliphatic hydroxyl groups is 1. The highest BCUT2D eigenvalue weighted by Crippen LogP contribution is 2.23. The van der Waals surface area contributed by atoms with Gasteiger partial charge in [0.15, 0.2) is 0 Å². The van der Waals surface area contributed by atoms with Crippen LogP contribution in [0.5, 0.6) is 0 Å². The van der Waals surface area contributed by atoms with Crippen LogP contribution in [0.2, 0.25) is 5.02 Å². The molecule has 19 heavy (non-hydrogen) atoms. The molecule has 0 aliphatic heterocycles. The van der Waals surface area contributed by atoms with E-state index in [0.29, 0.717) is 11.6 Å². The van der Waals surface area contributed by atoms with Crippen molar-refractivity contribution >= 4 is 27.5 Å². The fourth-order valence-corrected chi connectivity index (χ4v) is 2.31. The highest BCUT2D eigenvalue weighted by atomic mass is 79.9. The van der Waals surface area contributed by atoms with Crippen molar-refractivity contribution in [3.05, 3.63) is 69.2 Å². The van der Waals surface area contributed by atoms with Gasteiger partial charge in [-0.05, 0) is 39.2 Å². The molecule has 0 saturated heterocycles. The molecule has 0 unspecified atom stereocenters. The van der Waals surface area contributed by atoms with Gasteiger partial charge in [0.2, 0.25) is 0 Å². The average Bonchev–Trinajstić information content (AvgIpc) is 2.44. The highest BCUT2D eigenvalue weighted by Gasteiger charge is 2.09. The van der Waals surface area contributed by atoms with Gasteiger partial charge in [0.1, 0.15) is 0 Å². The third-order valence-corrected chi connectivity index (χ3v) is 4.15. The Morgan fingerprint density at radius 3 is 2.53 bits per heavy atom. The van der Waals surface area contributed by atoms with Crippen LogP contribution in [-0.2, 0) is 6.54 Å². The Morgan fingerprint density at radius 2 is 1.89 bits per heavy atom. The second kappa shape index (κ2) is 7.06. The zero-order valence-corrected chi connectivity index (χ0v) is 12.7. The fourth-order valence-electron chi connectivity index (χ4n) is 1.86. The minimum atomic E-state index is -0.0661. The highest BCUT2D eigenvalue weighted by molar-refractivity contribution is 9.10. The van der Waals surface area contributed by atoms with E-state index in [9.17, 15) is 5.11 Å². The lowest BCUT2D eigenvalue weighted by Gasteiger charge is -2.17. The van der Waals surface area contributed by atoms with Crippen molar-refractivity contribution in [3.63, 3.8) is 0 Å². The van der Waals surface area contributed by atoms with E-state index >= 15 is 0 Å². The van der Waals surface area contributed by atoms with E-state index in [1.165, 1.54) is 0 Å². The summed E-state index contributed by atoms with van der Waals surface area (Å²) in [5, 5.41) is 13.5. The summed E-state index contributed by atoms with van der Waals surface area (Å²) in [6.45, 7) is 0.724. The van der Waals surface area contributed by atoms with Crippen molar-refractivity contribution in [2.24, 2.45) is 0 Å². The van der Waals surface area contributed by atoms with Crippen molar-refractivity contribution in [1.29, 1.82) is 0 Å². The van der Waals surface area contributed by atoms with Crippen molar-refractivity contribution in [3.8, 4) is 0 Å². The molecule has 2 aromatic rings. The molecule has 0 heterocycles. The Hall–Kier alpha value is -0.870. The van der Waals surface area contributed by atoms with Crippen LogP contribution in [-0.4, -0.2) is 11.7 Å². The molecular weight excluding hydrogens is 326 g/mol. The van der Waals surface area contributed by atoms with E-state index in [2.05, 4.69) is 21.2 Å². The van der Waals surface area contributed by atoms with Crippen molar-refractivity contribution in [1.82, 2.24) is 5.32 Å². The smallest absolute Gasteiger partial charge is 0.0626 e. The van der Waals surface area contributed by atoms with Crippen LogP contribution in [0.15, 0.2) is 53.0 Å². The van der Waals surface area contributed by atoms with Crippen LogP contribution in [0.3, 0.4) is 0 Å². The largest absolute Gasteiger partial charge is 0.394 e. The predicted molar refractivity (Wildman–Crippen MR) is 82.3 cm³/mol. The maximum Gasteiger partial charge on any atom is 0.0626 e. The molecule has 4 heteroatoms. The Balaban J connectivity index is 2.02. The van der Waals surface area contributed by atoms with Crippen molar-refractivity contribution in [2.45, 2.75) is 12.6 Å². The molecule has 0 amide bonds. The molecule has 2 aromatic carbocycles. The van der Waals surface area contributed by atoms with E-state index in [0.717, 1.165) is 15.6 Å². The van der Waals surface area contributed by atoms with E-state index in [1.54, 1.807) is 0 Å². The Morgan fingerprint density at radius 1 is 1.16 bits per heavy atom. The van der Waals surface area contributed by atoms with E-state index < -0.39 is 0 Å². The Labute approximate surface area is 126 Å². The molecule has 0 fully saturated rings. The van der Waals surface area contributed by atoms with Crippen LogP contribution in [0.4, 0.5) is 0 Å². The van der Waals surface area contributed by atoms with Gasteiger partial charge in [-0.25, -0.2) is 0 Å². The lowest BCUT2D eigenvalue weighted by molar-refractivity contribution is 0.243. The van der Waals surface area contributed by atoms with Crippen LogP contribution < -0.4 is 5.32 Å². The van der Waals surface area contributed by atoms with Gasteiger partial charge in [-0.15, -0.1) is 0 Å². The van der Waals surface area contributed by atoms with Crippen molar-refractivity contribution in [2.75, 3.05) is 6.61 Å². The summed E-state index contributed by atoms with van der Waals surface area (Å²) < 4.78 is 0.889. The van der Waals surface area contributed by atoms with Gasteiger partial charge in [-0.1, -0.05) is 48.0 Å². The standard InChI is InChI=1S/C15H15BrClNO/c16-13-7-6-11(8-14(13)17)9-18-15(10-19)12-4-2-1-3-5-12/h1-8,15,18-19H,9-10H2/t15-/m0/s1. The molecule has 0 saturated carbocycles. The van der Waals surface area contributed by atoms with Crippen LogP contribution in [0.25, 0.3) is 0 Å². The predicted octanol–water partition coefficient (Wildman–Crippen LogP) is 3.93. The summed E-state index contributed by atoms with van der Waals surface area (Å²) in [6, 6.07) is 15.7. The number of nitrogens with one attached hydrogen (secondary N) is 1. The second-order valence-electron chi connectivity index (χ2n) is 4.28. The van der Waals surface area contributed by atoms with Gasteiger partial charge in [0.25, 0.3) is 0 Å². The number of rotatable bonds is 5. The molecule has 0 radical (unpaired) electrons. The average molecular weight is 341 g/mol. The summed E-state index contributed by atoms with van der Waals surface area (Å²) in [5.74, 6) is 0. The summed E-state index contributed by atoms with van der Waals surface area (Å²) in [6.07, 6.45) is 0. The van der Waals surface area contributed by atoms with Gasteiger partial charge in [-0.2, -0.15) is 0 Å². The molecule has 2 rings (SSSR count). The van der Waals surface area contributed by atoms with Gasteiger partial charge in [0, 0.05) is 11.0 Å². The monoisotopic (exact) mass is 339 g/mol. The minimum Gasteiger partial charge on any atom is -0.394 e. The fraction of sp³-hybridized carbons (Fsp3) is 0.200. The first-order valence-corrected chi connectivity index (χ1v) is 7.21. The SMILES string of the molecule is OC[C@H](NCc1ccc(Br)c(Cl)c1)c1ccccc1. The van der Waals surface area contributed by atoms with Crippen LogP contribution in [0, 0.1) is 0 Å². The number of hydrogen-bond acceptors (Lipinski definition) is 2. The Kier molecular flexibility index (Phi) is 5.40. The maximum atomic E-state index is 9.46. The molecule has 2 N–H and O–H groups in total. The van der Waals surface area contributed by atoms with E-state index in [-0.39, 0.29) is 12.6 Å². The zero-order valence-electron chi connectivity index (χ0n) is 10.3. The van der Waals surface area contributed by atoms with Crippen LogP contribution in [0.1, 0.15) is 17.2 Å². The summed E-state index contributed by atoms with van der Waals surface area (Å²) in [7, 11) is 0. The molecule has 1 atom stereocenters. The number of benzene rings is 2. The normalized spacial score (nSPS) is 12.4. The molecule has 100 valence electrons. The molecule has 2 nitrogen and oxygen atoms in total. The third-order valence-electron chi connectivity index (χ3n) is 2.92. The topological polar surface area (TPSA) is 32.3 Å². The molecular formula is C15H15BrClNO. The lowest BCUT2D eigenvalue weighted by atomic mass is 10.1. The van der Waals surface area contributed by atoms with Crippen molar-refractivity contribution < 1.29 is 5.11 Å². The first-order chi connectivity index (χ1) is 9.20. The number of aliphatic hydroxyl groups excluding tert-OH is 1. The van der Waals surface area contributed by atoms with Gasteiger partial charge < -0.3 is 10.4 Å². The van der Waals surface area contributed by atoms with Gasteiger partial charge in [0.05, 0.1) is 17.7 Å². The first kappa shape index (κ1) is 14.5. The Bertz CT molecular complexity index is 533. The maximum absolute atomic E-state index is 9.46. The third kappa shape index (κ3) is 4.05. The molecule has 0 aliphatic carbocycles. The van der Waals surface area contributed by atoms with E-state index in [1.807, 2.05) is 48.5 Å². The second-order valence-corrected chi connectivity index (χ2v) is 5.54. The molecule has 0 aliphatic rings. The molecule has 0 bridgehead atoms. The first-order valence-electron chi connectivity index (χ1n) is 6.04. The quantitative estimate of drug-likeness (QED) is 0.864. The van der Waals surface area contributed by atoms with Gasteiger partial charge in [-0.3, -0.25) is 0 Å². The molecule has 0 spiro atoms. The summed E-state index contributed by atoms with van der Waals surface area (Å²) in [4.78, 5) is 0.